The van der Waals surface area contributed by atoms with Crippen LogP contribution in [0.5, 0.6) is 11.5 Å². The zero-order valence-corrected chi connectivity index (χ0v) is 26.4. The van der Waals surface area contributed by atoms with Crippen LogP contribution in [0.2, 0.25) is 5.04 Å². The number of aldehydes is 1. The predicted octanol–water partition coefficient (Wildman–Crippen LogP) is 5.55. The Kier molecular flexibility index (Phi) is 8.06. The van der Waals surface area contributed by atoms with Crippen molar-refractivity contribution in [2.75, 3.05) is 24.7 Å². The number of anilines is 1. The molecule has 1 amide bonds. The summed E-state index contributed by atoms with van der Waals surface area (Å²) in [4.78, 5) is 27.1. The predicted molar refractivity (Wildman–Crippen MR) is 166 cm³/mol. The van der Waals surface area contributed by atoms with Crippen molar-refractivity contribution >= 4 is 27.8 Å². The van der Waals surface area contributed by atoms with Gasteiger partial charge in [-0.25, -0.2) is 4.79 Å². The minimum atomic E-state index is -1.18. The molecule has 3 heterocycles. The second kappa shape index (κ2) is 11.8. The van der Waals surface area contributed by atoms with E-state index in [1.165, 1.54) is 0 Å². The number of fused-ring (bicyclic) bond motifs is 1. The Morgan fingerprint density at radius 1 is 0.953 bits per heavy atom. The van der Waals surface area contributed by atoms with Gasteiger partial charge < -0.3 is 28.2 Å². The van der Waals surface area contributed by atoms with Gasteiger partial charge in [-0.2, -0.15) is 0 Å². The van der Waals surface area contributed by atoms with Crippen molar-refractivity contribution in [1.82, 2.24) is 0 Å². The first-order valence-corrected chi connectivity index (χ1v) is 16.3. The highest BCUT2D eigenvalue weighted by molar-refractivity contribution is 6.32. The lowest BCUT2D eigenvalue weighted by molar-refractivity contribution is -0.216. The van der Waals surface area contributed by atoms with Crippen molar-refractivity contribution in [2.45, 2.75) is 68.5 Å². The van der Waals surface area contributed by atoms with Crippen LogP contribution in [0.15, 0.2) is 78.9 Å². The minimum absolute atomic E-state index is 0.0393. The average molecular weight is 602 g/mol. The molecule has 3 aliphatic rings. The molecule has 0 bridgehead atoms. The molecular formula is C34H39NO7Si. The molecule has 43 heavy (non-hydrogen) atoms. The van der Waals surface area contributed by atoms with E-state index >= 15 is 0 Å². The Morgan fingerprint density at radius 3 is 2.23 bits per heavy atom. The second-order valence-corrected chi connectivity index (χ2v) is 15.4. The summed E-state index contributed by atoms with van der Waals surface area (Å²) in [5.74, 6) is 1.25. The monoisotopic (exact) mass is 601 g/mol. The topological polar surface area (TPSA) is 83.5 Å². The first-order chi connectivity index (χ1) is 20.7. The molecule has 0 aliphatic carbocycles. The van der Waals surface area contributed by atoms with Crippen molar-refractivity contribution in [1.29, 1.82) is 0 Å². The van der Waals surface area contributed by atoms with Crippen LogP contribution in [-0.2, 0) is 24.3 Å². The smallest absolute Gasteiger partial charge is 0.415 e. The van der Waals surface area contributed by atoms with Crippen LogP contribution < -0.4 is 14.4 Å². The minimum Gasteiger partial charge on any atom is -0.486 e. The number of ether oxygens (including phenoxy) is 4. The maximum absolute atomic E-state index is 13.8. The van der Waals surface area contributed by atoms with Crippen LogP contribution >= 0.6 is 0 Å². The van der Waals surface area contributed by atoms with E-state index in [9.17, 15) is 9.59 Å². The molecule has 6 rings (SSSR count). The van der Waals surface area contributed by atoms with Crippen LogP contribution in [-0.4, -0.2) is 59.7 Å². The Balaban J connectivity index is 1.50. The fourth-order valence-corrected chi connectivity index (χ4v) is 7.48. The highest BCUT2D eigenvalue weighted by atomic mass is 28.2. The third-order valence-electron chi connectivity index (χ3n) is 8.34. The largest absolute Gasteiger partial charge is 0.486 e. The van der Waals surface area contributed by atoms with Crippen molar-refractivity contribution in [3.63, 3.8) is 0 Å². The Morgan fingerprint density at radius 2 is 1.60 bits per heavy atom. The highest BCUT2D eigenvalue weighted by Crippen LogP contribution is 2.51. The molecule has 2 saturated heterocycles. The van der Waals surface area contributed by atoms with Crippen LogP contribution in [0.1, 0.15) is 51.2 Å². The Hall–Kier alpha value is -3.66. The molecule has 8 nitrogen and oxygen atoms in total. The summed E-state index contributed by atoms with van der Waals surface area (Å²) in [6.45, 7) is 7.75. The van der Waals surface area contributed by atoms with Gasteiger partial charge in [-0.05, 0) is 41.1 Å². The lowest BCUT2D eigenvalue weighted by Crippen LogP contribution is -2.63. The summed E-state index contributed by atoms with van der Waals surface area (Å²) >= 11 is 0. The van der Waals surface area contributed by atoms with Gasteiger partial charge in [0.1, 0.15) is 31.2 Å². The molecule has 3 aromatic carbocycles. The standard InChI is InChI=1S/C34H39NO7Si/c1-32(2,3)43-42-34(24-10-6-4-7-11-24,25-12-8-5-9-13-25)30-33(18-16-27(40-30)17-19-36)23-35(31(37)41-33)26-14-15-28-29(22-26)39-21-20-38-28/h4-15,19,22,27,30H,16-18,20-21,23,43H2,1-3H3/t27-,30+,33+/m0/s1. The molecule has 0 saturated carbocycles. The molecule has 0 unspecified atom stereocenters. The summed E-state index contributed by atoms with van der Waals surface area (Å²) in [7, 11) is -1.18. The average Bonchev–Trinajstić information content (AvgIpc) is 3.35. The summed E-state index contributed by atoms with van der Waals surface area (Å²) in [5, 5.41) is -0.0393. The third kappa shape index (κ3) is 5.69. The Bertz CT molecular complexity index is 1400. The van der Waals surface area contributed by atoms with Gasteiger partial charge >= 0.3 is 6.09 Å². The zero-order chi connectivity index (χ0) is 30.1. The number of carbonyl (C=O) groups is 2. The molecule has 226 valence electrons. The van der Waals surface area contributed by atoms with Crippen LogP contribution in [0.3, 0.4) is 0 Å². The molecule has 0 radical (unpaired) electrons. The van der Waals surface area contributed by atoms with E-state index < -0.39 is 33.2 Å². The van der Waals surface area contributed by atoms with E-state index in [4.69, 9.17) is 23.4 Å². The van der Waals surface area contributed by atoms with Gasteiger partial charge in [0, 0.05) is 12.5 Å². The number of hydrogen-bond acceptors (Lipinski definition) is 7. The van der Waals surface area contributed by atoms with Crippen molar-refractivity contribution in [3.05, 3.63) is 90.0 Å². The maximum atomic E-state index is 13.8. The quantitative estimate of drug-likeness (QED) is 0.247. The third-order valence-corrected chi connectivity index (χ3v) is 9.80. The normalized spacial score (nSPS) is 24.0. The van der Waals surface area contributed by atoms with Crippen LogP contribution in [0.4, 0.5) is 10.5 Å². The van der Waals surface area contributed by atoms with Crippen molar-refractivity contribution in [2.24, 2.45) is 0 Å². The second-order valence-electron chi connectivity index (χ2n) is 12.7. The molecule has 0 aromatic heterocycles. The summed E-state index contributed by atoms with van der Waals surface area (Å²) in [5.41, 5.74) is 0.356. The van der Waals surface area contributed by atoms with E-state index in [-0.39, 0.29) is 24.1 Å². The van der Waals surface area contributed by atoms with E-state index in [1.807, 2.05) is 54.6 Å². The number of rotatable bonds is 8. The fourth-order valence-electron chi connectivity index (χ4n) is 6.34. The van der Waals surface area contributed by atoms with E-state index in [0.29, 0.717) is 43.2 Å². The van der Waals surface area contributed by atoms with Gasteiger partial charge in [0.05, 0.1) is 18.3 Å². The SMILES string of the molecule is CC(C)(C)[SiH2]OC(c1ccccc1)(c1ccccc1)[C@@H]1O[C@H](CC=O)CC[C@@]12CN(c1ccc3c(c1)OCCO3)C(=O)O2. The van der Waals surface area contributed by atoms with Gasteiger partial charge in [-0.1, -0.05) is 81.4 Å². The first kappa shape index (κ1) is 29.4. The zero-order valence-electron chi connectivity index (χ0n) is 25.0. The molecule has 0 N–H and O–H groups in total. The molecule has 2 fully saturated rings. The van der Waals surface area contributed by atoms with Gasteiger partial charge in [0.15, 0.2) is 26.9 Å². The summed E-state index contributed by atoms with van der Waals surface area (Å²) < 4.78 is 32.2. The summed E-state index contributed by atoms with van der Waals surface area (Å²) in [6, 6.07) is 25.7. The Labute approximate surface area is 255 Å². The van der Waals surface area contributed by atoms with E-state index in [0.717, 1.165) is 17.4 Å². The number of carbonyl (C=O) groups excluding carboxylic acids is 2. The lowest BCUT2D eigenvalue weighted by Gasteiger charge is -2.52. The van der Waals surface area contributed by atoms with Gasteiger partial charge in [0.25, 0.3) is 0 Å². The van der Waals surface area contributed by atoms with Crippen LogP contribution in [0, 0.1) is 0 Å². The van der Waals surface area contributed by atoms with Crippen molar-refractivity contribution < 1.29 is 33.0 Å². The number of benzene rings is 3. The highest BCUT2D eigenvalue weighted by Gasteiger charge is 2.63. The van der Waals surface area contributed by atoms with Crippen LogP contribution in [0.25, 0.3) is 0 Å². The van der Waals surface area contributed by atoms with Crippen molar-refractivity contribution in [3.8, 4) is 11.5 Å². The summed E-state index contributed by atoms with van der Waals surface area (Å²) in [6.07, 6.45) is 0.731. The number of amides is 1. The molecule has 3 atom stereocenters. The molecule has 9 heteroatoms. The maximum Gasteiger partial charge on any atom is 0.415 e. The fraction of sp³-hybridized carbons (Fsp3) is 0.412. The molecule has 3 aliphatic heterocycles. The number of hydrogen-bond donors (Lipinski definition) is 0. The molecular weight excluding hydrogens is 562 g/mol. The number of nitrogens with zero attached hydrogens (tertiary/aromatic N) is 1. The molecule has 1 spiro atoms. The van der Waals surface area contributed by atoms with Gasteiger partial charge in [0.2, 0.25) is 0 Å². The lowest BCUT2D eigenvalue weighted by atomic mass is 9.71. The first-order valence-electron chi connectivity index (χ1n) is 15.0. The van der Waals surface area contributed by atoms with E-state index in [1.54, 1.807) is 4.90 Å². The van der Waals surface area contributed by atoms with Gasteiger partial charge in [-0.3, -0.25) is 4.90 Å². The van der Waals surface area contributed by atoms with E-state index in [2.05, 4.69) is 45.0 Å². The van der Waals surface area contributed by atoms with Gasteiger partial charge in [-0.15, -0.1) is 0 Å². The molecule has 3 aromatic rings.